The van der Waals surface area contributed by atoms with Gasteiger partial charge in [0, 0.05) is 24.9 Å². The highest BCUT2D eigenvalue weighted by Gasteiger charge is 2.05. The average molecular weight is 235 g/mol. The molecule has 0 amide bonds. The first-order chi connectivity index (χ1) is 7.06. The van der Waals surface area contributed by atoms with Crippen molar-refractivity contribution in [1.82, 2.24) is 5.32 Å². The summed E-state index contributed by atoms with van der Waals surface area (Å²) in [6, 6.07) is 0. The van der Waals surface area contributed by atoms with Crippen molar-refractivity contribution in [2.75, 3.05) is 32.6 Å². The third-order valence-electron chi connectivity index (χ3n) is 1.98. The maximum Gasteiger partial charge on any atom is 0.0897 e. The largest absolute Gasteiger partial charge is 0.389 e. The lowest BCUT2D eigenvalue weighted by Gasteiger charge is -2.15. The molecule has 0 spiro atoms. The standard InChI is InChI=1S/C11H25NO2S/c1-9(2)7-14-8-11(13)6-12-5-10(3)15-4/h9-13H,5-8H2,1-4H3. The Labute approximate surface area is 98.0 Å². The van der Waals surface area contributed by atoms with Gasteiger partial charge < -0.3 is 15.2 Å². The molecular weight excluding hydrogens is 210 g/mol. The van der Waals surface area contributed by atoms with Gasteiger partial charge in [0.25, 0.3) is 0 Å². The molecule has 2 atom stereocenters. The fourth-order valence-corrected chi connectivity index (χ4v) is 1.32. The molecule has 0 saturated heterocycles. The van der Waals surface area contributed by atoms with Gasteiger partial charge in [0.05, 0.1) is 12.7 Å². The third kappa shape index (κ3) is 10.5. The van der Waals surface area contributed by atoms with Gasteiger partial charge in [0.2, 0.25) is 0 Å². The molecule has 0 bridgehead atoms. The van der Waals surface area contributed by atoms with E-state index < -0.39 is 6.10 Å². The number of aliphatic hydroxyl groups is 1. The Bertz CT molecular complexity index is 145. The molecule has 2 unspecified atom stereocenters. The lowest BCUT2D eigenvalue weighted by Crippen LogP contribution is -2.33. The van der Waals surface area contributed by atoms with E-state index in [-0.39, 0.29) is 0 Å². The summed E-state index contributed by atoms with van der Waals surface area (Å²) in [4.78, 5) is 0. The van der Waals surface area contributed by atoms with Crippen molar-refractivity contribution in [2.24, 2.45) is 5.92 Å². The number of hydrogen-bond acceptors (Lipinski definition) is 4. The van der Waals surface area contributed by atoms with E-state index in [9.17, 15) is 5.11 Å². The zero-order chi connectivity index (χ0) is 11.7. The van der Waals surface area contributed by atoms with Gasteiger partial charge in [-0.3, -0.25) is 0 Å². The van der Waals surface area contributed by atoms with Crippen molar-refractivity contribution in [3.05, 3.63) is 0 Å². The molecule has 0 rings (SSSR count). The molecule has 0 aliphatic rings. The lowest BCUT2D eigenvalue weighted by atomic mass is 10.2. The Morgan fingerprint density at radius 3 is 2.40 bits per heavy atom. The van der Waals surface area contributed by atoms with Crippen LogP contribution in [0.3, 0.4) is 0 Å². The highest BCUT2D eigenvalue weighted by molar-refractivity contribution is 7.99. The van der Waals surface area contributed by atoms with Gasteiger partial charge in [-0.1, -0.05) is 20.8 Å². The minimum Gasteiger partial charge on any atom is -0.389 e. The Kier molecular flexibility index (Phi) is 9.60. The topological polar surface area (TPSA) is 41.5 Å². The van der Waals surface area contributed by atoms with Crippen molar-refractivity contribution in [1.29, 1.82) is 0 Å². The van der Waals surface area contributed by atoms with Crippen LogP contribution in [0.25, 0.3) is 0 Å². The molecule has 15 heavy (non-hydrogen) atoms. The van der Waals surface area contributed by atoms with Gasteiger partial charge in [-0.2, -0.15) is 11.8 Å². The van der Waals surface area contributed by atoms with Crippen molar-refractivity contribution in [2.45, 2.75) is 32.1 Å². The van der Waals surface area contributed by atoms with Crippen molar-refractivity contribution >= 4 is 11.8 Å². The second kappa shape index (κ2) is 9.46. The summed E-state index contributed by atoms with van der Waals surface area (Å²) in [5, 5.41) is 13.4. The SMILES string of the molecule is CSC(C)CNCC(O)COCC(C)C. The van der Waals surface area contributed by atoms with Crippen molar-refractivity contribution < 1.29 is 9.84 Å². The number of aliphatic hydroxyl groups excluding tert-OH is 1. The molecule has 0 saturated carbocycles. The van der Waals surface area contributed by atoms with E-state index in [2.05, 4.69) is 32.3 Å². The minimum absolute atomic E-state index is 0.391. The number of nitrogens with one attached hydrogen (secondary N) is 1. The summed E-state index contributed by atoms with van der Waals surface area (Å²) in [6.45, 7) is 9.07. The van der Waals surface area contributed by atoms with E-state index in [0.29, 0.717) is 24.3 Å². The summed E-state index contributed by atoms with van der Waals surface area (Å²) in [5.41, 5.74) is 0. The van der Waals surface area contributed by atoms with E-state index in [4.69, 9.17) is 4.74 Å². The Morgan fingerprint density at radius 1 is 1.20 bits per heavy atom. The van der Waals surface area contributed by atoms with E-state index in [1.54, 1.807) is 0 Å². The molecule has 3 nitrogen and oxygen atoms in total. The van der Waals surface area contributed by atoms with Gasteiger partial charge in [-0.05, 0) is 12.2 Å². The Morgan fingerprint density at radius 2 is 1.87 bits per heavy atom. The molecule has 0 heterocycles. The van der Waals surface area contributed by atoms with Gasteiger partial charge >= 0.3 is 0 Å². The fourth-order valence-electron chi connectivity index (χ4n) is 1.04. The fraction of sp³-hybridized carbons (Fsp3) is 1.00. The first-order valence-electron chi connectivity index (χ1n) is 5.55. The molecule has 0 aromatic rings. The van der Waals surface area contributed by atoms with Gasteiger partial charge in [-0.15, -0.1) is 0 Å². The molecule has 0 fully saturated rings. The Hall–Kier alpha value is 0.230. The average Bonchev–Trinajstić information content (AvgIpc) is 2.17. The molecule has 4 heteroatoms. The van der Waals surface area contributed by atoms with Crippen LogP contribution in [0.4, 0.5) is 0 Å². The molecular formula is C11H25NO2S. The van der Waals surface area contributed by atoms with Crippen LogP contribution in [0.2, 0.25) is 0 Å². The maximum absolute atomic E-state index is 9.55. The number of hydrogen-bond donors (Lipinski definition) is 2. The minimum atomic E-state index is -0.391. The van der Waals surface area contributed by atoms with Crippen molar-refractivity contribution in [3.8, 4) is 0 Å². The zero-order valence-electron chi connectivity index (χ0n) is 10.3. The summed E-state index contributed by atoms with van der Waals surface area (Å²) >= 11 is 1.82. The highest BCUT2D eigenvalue weighted by Crippen LogP contribution is 2.02. The van der Waals surface area contributed by atoms with E-state index in [1.165, 1.54) is 0 Å². The summed E-state index contributed by atoms with van der Waals surface area (Å²) < 4.78 is 5.35. The molecule has 2 N–H and O–H groups in total. The number of ether oxygens (including phenoxy) is 1. The Balaban J connectivity index is 3.29. The molecule has 0 aromatic heterocycles. The van der Waals surface area contributed by atoms with Crippen LogP contribution in [0.15, 0.2) is 0 Å². The van der Waals surface area contributed by atoms with Crippen LogP contribution in [-0.2, 0) is 4.74 Å². The quantitative estimate of drug-likeness (QED) is 0.633. The van der Waals surface area contributed by atoms with Gasteiger partial charge in [0.15, 0.2) is 0 Å². The number of thioether (sulfide) groups is 1. The molecule has 92 valence electrons. The first kappa shape index (κ1) is 15.2. The van der Waals surface area contributed by atoms with Crippen LogP contribution < -0.4 is 5.32 Å². The smallest absolute Gasteiger partial charge is 0.0897 e. The second-order valence-corrected chi connectivity index (χ2v) is 5.57. The van der Waals surface area contributed by atoms with Gasteiger partial charge in [-0.25, -0.2) is 0 Å². The van der Waals surface area contributed by atoms with E-state index >= 15 is 0 Å². The third-order valence-corrected chi connectivity index (χ3v) is 2.95. The summed E-state index contributed by atoms with van der Waals surface area (Å²) in [6.07, 6.45) is 1.70. The van der Waals surface area contributed by atoms with Crippen molar-refractivity contribution in [3.63, 3.8) is 0 Å². The zero-order valence-corrected chi connectivity index (χ0v) is 11.1. The first-order valence-corrected chi connectivity index (χ1v) is 6.84. The molecule has 0 aliphatic heterocycles. The normalized spacial score (nSPS) is 15.6. The molecule has 0 aliphatic carbocycles. The van der Waals surface area contributed by atoms with Crippen LogP contribution in [0.1, 0.15) is 20.8 Å². The van der Waals surface area contributed by atoms with E-state index in [1.807, 2.05) is 11.8 Å². The second-order valence-electron chi connectivity index (χ2n) is 4.29. The predicted molar refractivity (Wildman–Crippen MR) is 67.5 cm³/mol. The maximum atomic E-state index is 9.55. The van der Waals surface area contributed by atoms with Crippen LogP contribution >= 0.6 is 11.8 Å². The summed E-state index contributed by atoms with van der Waals surface area (Å²) in [5.74, 6) is 0.529. The molecule has 0 aromatic carbocycles. The summed E-state index contributed by atoms with van der Waals surface area (Å²) in [7, 11) is 0. The van der Waals surface area contributed by atoms with Gasteiger partial charge in [0.1, 0.15) is 0 Å². The highest BCUT2D eigenvalue weighted by atomic mass is 32.2. The molecule has 0 radical (unpaired) electrons. The predicted octanol–water partition coefficient (Wildman–Crippen LogP) is 1.36. The monoisotopic (exact) mass is 235 g/mol. The lowest BCUT2D eigenvalue weighted by molar-refractivity contribution is 0.0263. The van der Waals surface area contributed by atoms with Crippen LogP contribution in [0, 0.1) is 5.92 Å². The van der Waals surface area contributed by atoms with Crippen LogP contribution in [0.5, 0.6) is 0 Å². The van der Waals surface area contributed by atoms with E-state index in [0.717, 1.165) is 13.2 Å². The van der Waals surface area contributed by atoms with Crippen LogP contribution in [-0.4, -0.2) is 49.0 Å². The number of rotatable bonds is 9.